The summed E-state index contributed by atoms with van der Waals surface area (Å²) in [5.41, 5.74) is 0.340. The third-order valence-corrected chi connectivity index (χ3v) is 2.03. The molecule has 1 unspecified atom stereocenters. The van der Waals surface area contributed by atoms with Gasteiger partial charge in [0.2, 0.25) is 0 Å². The van der Waals surface area contributed by atoms with E-state index < -0.39 is 24.8 Å². The second-order valence-corrected chi connectivity index (χ2v) is 3.11. The maximum absolute atomic E-state index is 11.8. The van der Waals surface area contributed by atoms with Gasteiger partial charge in [0.1, 0.15) is 0 Å². The van der Waals surface area contributed by atoms with E-state index in [4.69, 9.17) is 9.22 Å². The van der Waals surface area contributed by atoms with Crippen LogP contribution in [-0.2, 0) is 0 Å². The van der Waals surface area contributed by atoms with Crippen molar-refractivity contribution in [3.8, 4) is 0 Å². The SMILES string of the molecule is Cl.[2H]C([2H])([2H])NC(C)C(=O)c1ccc(C(=O)O)cc1. The van der Waals surface area contributed by atoms with Crippen molar-refractivity contribution in [2.24, 2.45) is 0 Å². The molecule has 0 radical (unpaired) electrons. The van der Waals surface area contributed by atoms with Crippen molar-refractivity contribution in [1.82, 2.24) is 5.32 Å². The Balaban J connectivity index is 0.00000324. The lowest BCUT2D eigenvalue weighted by atomic mass is 10.0. The van der Waals surface area contributed by atoms with E-state index in [1.807, 2.05) is 0 Å². The molecular formula is C11H14ClNO3. The maximum atomic E-state index is 11.8. The molecule has 88 valence electrons. The molecule has 16 heavy (non-hydrogen) atoms. The summed E-state index contributed by atoms with van der Waals surface area (Å²) in [6.45, 7) is -0.949. The van der Waals surface area contributed by atoms with Crippen molar-refractivity contribution in [2.75, 3.05) is 6.98 Å². The Bertz CT molecular complexity index is 459. The summed E-state index contributed by atoms with van der Waals surface area (Å²) in [5.74, 6) is -1.48. The molecule has 0 aromatic heterocycles. The fraction of sp³-hybridized carbons (Fsp3) is 0.273. The highest BCUT2D eigenvalue weighted by atomic mass is 35.5. The first-order valence-corrected chi connectivity index (χ1v) is 4.36. The average molecular weight is 247 g/mol. The predicted octanol–water partition coefficient (Wildman–Crippen LogP) is 1.60. The summed E-state index contributed by atoms with van der Waals surface area (Å²) in [6, 6.07) is 4.47. The Morgan fingerprint density at radius 3 is 2.25 bits per heavy atom. The van der Waals surface area contributed by atoms with E-state index in [0.717, 1.165) is 0 Å². The van der Waals surface area contributed by atoms with Crippen molar-refractivity contribution in [2.45, 2.75) is 13.0 Å². The number of halogens is 1. The number of aromatic carboxylic acids is 1. The zero-order valence-corrected chi connectivity index (χ0v) is 9.38. The Labute approximate surface area is 104 Å². The first-order valence-electron chi connectivity index (χ1n) is 5.86. The van der Waals surface area contributed by atoms with E-state index in [1.54, 1.807) is 0 Å². The fourth-order valence-electron chi connectivity index (χ4n) is 1.09. The quantitative estimate of drug-likeness (QED) is 0.792. The van der Waals surface area contributed by atoms with Gasteiger partial charge in [-0.1, -0.05) is 12.1 Å². The Morgan fingerprint density at radius 2 is 1.81 bits per heavy atom. The van der Waals surface area contributed by atoms with E-state index >= 15 is 0 Å². The minimum Gasteiger partial charge on any atom is -0.478 e. The number of nitrogens with one attached hydrogen (secondary N) is 1. The molecule has 4 nitrogen and oxygen atoms in total. The molecule has 0 fully saturated rings. The molecule has 0 bridgehead atoms. The molecule has 1 atom stereocenters. The number of rotatable bonds is 4. The highest BCUT2D eigenvalue weighted by Gasteiger charge is 2.13. The van der Waals surface area contributed by atoms with Crippen LogP contribution in [0.25, 0.3) is 0 Å². The number of benzene rings is 1. The van der Waals surface area contributed by atoms with Gasteiger partial charge in [0.05, 0.1) is 11.6 Å². The normalized spacial score (nSPS) is 14.9. The summed E-state index contributed by atoms with van der Waals surface area (Å²) < 4.78 is 21.0. The fourth-order valence-corrected chi connectivity index (χ4v) is 1.09. The van der Waals surface area contributed by atoms with Crippen molar-refractivity contribution in [1.29, 1.82) is 0 Å². The molecule has 2 N–H and O–H groups in total. The van der Waals surface area contributed by atoms with Gasteiger partial charge < -0.3 is 10.4 Å². The van der Waals surface area contributed by atoms with E-state index in [-0.39, 0.29) is 23.5 Å². The molecule has 0 spiro atoms. The second kappa shape index (κ2) is 6.25. The van der Waals surface area contributed by atoms with Crippen LogP contribution in [0.2, 0.25) is 0 Å². The van der Waals surface area contributed by atoms with E-state index in [0.29, 0.717) is 0 Å². The van der Waals surface area contributed by atoms with Crippen molar-refractivity contribution >= 4 is 24.2 Å². The third-order valence-electron chi connectivity index (χ3n) is 2.03. The van der Waals surface area contributed by atoms with Crippen molar-refractivity contribution in [3.63, 3.8) is 0 Å². The molecule has 1 aromatic carbocycles. The maximum Gasteiger partial charge on any atom is 0.335 e. The van der Waals surface area contributed by atoms with E-state index in [9.17, 15) is 9.59 Å². The summed E-state index contributed by atoms with van der Waals surface area (Å²) in [5, 5.41) is 10.9. The van der Waals surface area contributed by atoms with Gasteiger partial charge in [-0.2, -0.15) is 0 Å². The summed E-state index contributed by atoms with van der Waals surface area (Å²) >= 11 is 0. The van der Waals surface area contributed by atoms with Crippen molar-refractivity contribution in [3.05, 3.63) is 35.4 Å². The second-order valence-electron chi connectivity index (χ2n) is 3.11. The van der Waals surface area contributed by atoms with Crippen LogP contribution in [0.5, 0.6) is 0 Å². The molecule has 0 heterocycles. The molecule has 1 aromatic rings. The molecule has 5 heteroatoms. The number of carboxylic acid groups (broad SMARTS) is 1. The van der Waals surface area contributed by atoms with Gasteiger partial charge in [-0.3, -0.25) is 4.79 Å². The van der Waals surface area contributed by atoms with Crippen LogP contribution in [0.4, 0.5) is 0 Å². The van der Waals surface area contributed by atoms with Crippen LogP contribution >= 0.6 is 12.4 Å². The zero-order valence-electron chi connectivity index (χ0n) is 11.6. The molecule has 1 rings (SSSR count). The lowest BCUT2D eigenvalue weighted by Crippen LogP contribution is -2.30. The van der Waals surface area contributed by atoms with Crippen LogP contribution in [0, 0.1) is 0 Å². The minimum absolute atomic E-state index is 0. The number of hydrogen-bond acceptors (Lipinski definition) is 3. The van der Waals surface area contributed by atoms with Gasteiger partial charge in [0.15, 0.2) is 5.78 Å². The van der Waals surface area contributed by atoms with Crippen LogP contribution in [0.15, 0.2) is 24.3 Å². The molecule has 0 aliphatic carbocycles. The lowest BCUT2D eigenvalue weighted by molar-refractivity contribution is 0.0696. The summed E-state index contributed by atoms with van der Waals surface area (Å²) in [7, 11) is 0. The van der Waals surface area contributed by atoms with Crippen molar-refractivity contribution < 1.29 is 18.8 Å². The zero-order chi connectivity index (χ0) is 13.9. The van der Waals surface area contributed by atoms with E-state index in [2.05, 4.69) is 5.32 Å². The molecule has 0 saturated carbocycles. The Kier molecular flexibility index (Phi) is 3.83. The summed E-state index contributed by atoms with van der Waals surface area (Å²) in [4.78, 5) is 22.5. The number of ketones is 1. The number of hydrogen-bond donors (Lipinski definition) is 2. The van der Waals surface area contributed by atoms with Crippen LogP contribution < -0.4 is 5.32 Å². The molecule has 0 saturated heterocycles. The summed E-state index contributed by atoms with van der Waals surface area (Å²) in [6.07, 6.45) is 0. The largest absolute Gasteiger partial charge is 0.478 e. The average Bonchev–Trinajstić information content (AvgIpc) is 2.26. The molecule has 0 amide bonds. The number of carboxylic acids is 1. The van der Waals surface area contributed by atoms with Gasteiger partial charge in [0.25, 0.3) is 0 Å². The van der Waals surface area contributed by atoms with Gasteiger partial charge in [-0.25, -0.2) is 4.79 Å². The number of Topliss-reactive ketones (excluding diaryl/α,β-unsaturated/α-hetero) is 1. The standard InChI is InChI=1S/C11H13NO3.ClH/c1-7(12-2)10(13)8-3-5-9(6-4-8)11(14)15;/h3-7,12H,1-2H3,(H,14,15);1H/i2D3;. The smallest absolute Gasteiger partial charge is 0.335 e. The van der Waals surface area contributed by atoms with Crippen LogP contribution in [0.1, 0.15) is 31.8 Å². The van der Waals surface area contributed by atoms with Gasteiger partial charge >= 0.3 is 5.97 Å². The first kappa shape index (κ1) is 9.81. The molecular weight excluding hydrogens is 230 g/mol. The van der Waals surface area contributed by atoms with Crippen LogP contribution in [-0.4, -0.2) is 29.9 Å². The molecule has 0 aliphatic rings. The van der Waals surface area contributed by atoms with Crippen LogP contribution in [0.3, 0.4) is 0 Å². The highest BCUT2D eigenvalue weighted by Crippen LogP contribution is 2.07. The number of carbonyl (C=O) groups is 2. The highest BCUT2D eigenvalue weighted by molar-refractivity contribution is 6.00. The Hall–Kier alpha value is -1.39. The third kappa shape index (κ3) is 3.32. The topological polar surface area (TPSA) is 66.4 Å². The number of carbonyl (C=O) groups excluding carboxylic acids is 1. The molecule has 0 aliphatic heterocycles. The predicted molar refractivity (Wildman–Crippen MR) is 63.5 cm³/mol. The van der Waals surface area contributed by atoms with E-state index in [1.165, 1.54) is 31.2 Å². The monoisotopic (exact) mass is 246 g/mol. The number of likely N-dealkylation sites (N-methyl/N-ethyl adjacent to an activating group) is 1. The van der Waals surface area contributed by atoms with Gasteiger partial charge in [-0.05, 0) is 26.0 Å². The Morgan fingerprint density at radius 1 is 1.31 bits per heavy atom. The minimum atomic E-state index is -2.39. The van der Waals surface area contributed by atoms with Gasteiger partial charge in [0, 0.05) is 9.68 Å². The van der Waals surface area contributed by atoms with Gasteiger partial charge in [-0.15, -0.1) is 12.4 Å². The first-order chi connectivity index (χ1) is 8.20. The lowest BCUT2D eigenvalue weighted by Gasteiger charge is -2.08.